The Labute approximate surface area is 110 Å². The summed E-state index contributed by atoms with van der Waals surface area (Å²) >= 11 is 0. The minimum absolute atomic E-state index is 0.00634. The molecule has 3 nitrogen and oxygen atoms in total. The number of rotatable bonds is 6. The molecule has 0 aliphatic rings. The maximum absolute atomic E-state index is 12.2. The second-order valence-electron chi connectivity index (χ2n) is 4.84. The summed E-state index contributed by atoms with van der Waals surface area (Å²) in [5.41, 5.74) is 7.34. The monoisotopic (exact) mass is 248 g/mol. The standard InChI is InChI=1S/C15H24N2O/c1-4-11(2)12(3)17-15(18)14-8-6-5-7-13(14)9-10-16/h5-8,11-12H,4,9-10,16H2,1-3H3,(H,17,18). The minimum Gasteiger partial charge on any atom is -0.349 e. The van der Waals surface area contributed by atoms with Gasteiger partial charge >= 0.3 is 0 Å². The molecule has 1 aromatic carbocycles. The van der Waals surface area contributed by atoms with E-state index in [9.17, 15) is 4.79 Å². The largest absolute Gasteiger partial charge is 0.349 e. The van der Waals surface area contributed by atoms with E-state index in [1.165, 1.54) is 0 Å². The predicted molar refractivity (Wildman–Crippen MR) is 75.6 cm³/mol. The van der Waals surface area contributed by atoms with Gasteiger partial charge in [-0.1, -0.05) is 38.5 Å². The second kappa shape index (κ2) is 7.17. The van der Waals surface area contributed by atoms with Gasteiger partial charge in [0.25, 0.3) is 5.91 Å². The number of nitrogens with two attached hydrogens (primary N) is 1. The van der Waals surface area contributed by atoms with Gasteiger partial charge in [0.15, 0.2) is 0 Å². The second-order valence-corrected chi connectivity index (χ2v) is 4.84. The predicted octanol–water partition coefficient (Wildman–Crippen LogP) is 2.35. The molecule has 2 atom stereocenters. The summed E-state index contributed by atoms with van der Waals surface area (Å²) in [7, 11) is 0. The third-order valence-corrected chi connectivity index (χ3v) is 3.53. The Hall–Kier alpha value is -1.35. The van der Waals surface area contributed by atoms with Gasteiger partial charge in [-0.25, -0.2) is 0 Å². The van der Waals surface area contributed by atoms with Crippen molar-refractivity contribution >= 4 is 5.91 Å². The molecule has 0 heterocycles. The maximum atomic E-state index is 12.2. The highest BCUT2D eigenvalue weighted by Crippen LogP contribution is 2.12. The smallest absolute Gasteiger partial charge is 0.251 e. The third-order valence-electron chi connectivity index (χ3n) is 3.53. The van der Waals surface area contributed by atoms with Crippen molar-refractivity contribution in [3.63, 3.8) is 0 Å². The zero-order chi connectivity index (χ0) is 13.5. The Morgan fingerprint density at radius 2 is 2.00 bits per heavy atom. The molecule has 0 aromatic heterocycles. The van der Waals surface area contributed by atoms with Gasteiger partial charge in [-0.05, 0) is 37.4 Å². The average Bonchev–Trinajstić information content (AvgIpc) is 2.38. The first-order chi connectivity index (χ1) is 8.60. The molecule has 1 aromatic rings. The van der Waals surface area contributed by atoms with Crippen LogP contribution in [0.15, 0.2) is 24.3 Å². The number of nitrogens with one attached hydrogen (secondary N) is 1. The number of carbonyl (C=O) groups is 1. The van der Waals surface area contributed by atoms with Gasteiger partial charge in [0.2, 0.25) is 0 Å². The number of carbonyl (C=O) groups excluding carboxylic acids is 1. The molecule has 0 saturated carbocycles. The third kappa shape index (κ3) is 3.84. The van der Waals surface area contributed by atoms with Crippen LogP contribution in [0, 0.1) is 5.92 Å². The zero-order valence-corrected chi connectivity index (χ0v) is 11.6. The van der Waals surface area contributed by atoms with Crippen molar-refractivity contribution in [2.75, 3.05) is 6.54 Å². The van der Waals surface area contributed by atoms with Crippen LogP contribution in [-0.4, -0.2) is 18.5 Å². The lowest BCUT2D eigenvalue weighted by Crippen LogP contribution is -2.37. The van der Waals surface area contributed by atoms with Crippen LogP contribution in [0.1, 0.15) is 43.1 Å². The molecule has 18 heavy (non-hydrogen) atoms. The van der Waals surface area contributed by atoms with Crippen molar-refractivity contribution in [3.8, 4) is 0 Å². The molecule has 1 rings (SSSR count). The van der Waals surface area contributed by atoms with Crippen LogP contribution in [0.3, 0.4) is 0 Å². The molecule has 0 fully saturated rings. The Morgan fingerprint density at radius 1 is 1.33 bits per heavy atom. The fourth-order valence-corrected chi connectivity index (χ4v) is 1.90. The van der Waals surface area contributed by atoms with E-state index in [4.69, 9.17) is 5.73 Å². The summed E-state index contributed by atoms with van der Waals surface area (Å²) in [5, 5.41) is 3.07. The van der Waals surface area contributed by atoms with Crippen molar-refractivity contribution in [2.45, 2.75) is 39.7 Å². The van der Waals surface area contributed by atoms with E-state index in [1.807, 2.05) is 24.3 Å². The summed E-state index contributed by atoms with van der Waals surface area (Å²) in [4.78, 5) is 12.2. The lowest BCUT2D eigenvalue weighted by atomic mass is 9.99. The zero-order valence-electron chi connectivity index (χ0n) is 11.6. The van der Waals surface area contributed by atoms with Crippen LogP contribution in [0.5, 0.6) is 0 Å². The molecule has 2 unspecified atom stereocenters. The molecular formula is C15H24N2O. The van der Waals surface area contributed by atoms with Gasteiger partial charge in [0.1, 0.15) is 0 Å². The van der Waals surface area contributed by atoms with Crippen LogP contribution in [0.4, 0.5) is 0 Å². The molecule has 0 bridgehead atoms. The van der Waals surface area contributed by atoms with E-state index in [1.54, 1.807) is 0 Å². The molecule has 0 saturated heterocycles. The van der Waals surface area contributed by atoms with E-state index in [-0.39, 0.29) is 11.9 Å². The van der Waals surface area contributed by atoms with Crippen LogP contribution in [-0.2, 0) is 6.42 Å². The number of hydrogen-bond donors (Lipinski definition) is 2. The highest BCUT2D eigenvalue weighted by Gasteiger charge is 2.16. The fourth-order valence-electron chi connectivity index (χ4n) is 1.90. The van der Waals surface area contributed by atoms with E-state index in [0.717, 1.165) is 24.0 Å². The molecule has 0 radical (unpaired) electrons. The summed E-state index contributed by atoms with van der Waals surface area (Å²) in [6.07, 6.45) is 1.80. The van der Waals surface area contributed by atoms with Crippen LogP contribution >= 0.6 is 0 Å². The van der Waals surface area contributed by atoms with Crippen molar-refractivity contribution in [2.24, 2.45) is 11.7 Å². The Balaban J connectivity index is 2.77. The van der Waals surface area contributed by atoms with E-state index >= 15 is 0 Å². The summed E-state index contributed by atoms with van der Waals surface area (Å²) in [6, 6.07) is 7.86. The maximum Gasteiger partial charge on any atom is 0.251 e. The van der Waals surface area contributed by atoms with Gasteiger partial charge in [-0.2, -0.15) is 0 Å². The van der Waals surface area contributed by atoms with E-state index < -0.39 is 0 Å². The van der Waals surface area contributed by atoms with Crippen molar-refractivity contribution in [1.82, 2.24) is 5.32 Å². The van der Waals surface area contributed by atoms with Gasteiger partial charge < -0.3 is 11.1 Å². The summed E-state index contributed by atoms with van der Waals surface area (Å²) in [6.45, 7) is 6.90. The van der Waals surface area contributed by atoms with E-state index in [0.29, 0.717) is 12.5 Å². The lowest BCUT2D eigenvalue weighted by Gasteiger charge is -2.20. The summed E-state index contributed by atoms with van der Waals surface area (Å²) in [5.74, 6) is 0.488. The molecule has 1 amide bonds. The molecule has 100 valence electrons. The highest BCUT2D eigenvalue weighted by atomic mass is 16.1. The lowest BCUT2D eigenvalue weighted by molar-refractivity contribution is 0.0927. The number of amides is 1. The van der Waals surface area contributed by atoms with Gasteiger partial charge in [0.05, 0.1) is 0 Å². The van der Waals surface area contributed by atoms with Gasteiger partial charge in [-0.3, -0.25) is 4.79 Å². The van der Waals surface area contributed by atoms with Crippen molar-refractivity contribution in [3.05, 3.63) is 35.4 Å². The first kappa shape index (κ1) is 14.7. The van der Waals surface area contributed by atoms with Crippen LogP contribution in [0.25, 0.3) is 0 Å². The number of benzene rings is 1. The first-order valence-corrected chi connectivity index (χ1v) is 6.69. The first-order valence-electron chi connectivity index (χ1n) is 6.69. The topological polar surface area (TPSA) is 55.1 Å². The average molecular weight is 248 g/mol. The number of hydrogen-bond acceptors (Lipinski definition) is 2. The van der Waals surface area contributed by atoms with Crippen LogP contribution < -0.4 is 11.1 Å². The van der Waals surface area contributed by atoms with Gasteiger partial charge in [0, 0.05) is 11.6 Å². The van der Waals surface area contributed by atoms with Crippen LogP contribution in [0.2, 0.25) is 0 Å². The normalized spacial score (nSPS) is 14.0. The Kier molecular flexibility index (Phi) is 5.86. The Bertz CT molecular complexity index is 390. The fraction of sp³-hybridized carbons (Fsp3) is 0.533. The quantitative estimate of drug-likeness (QED) is 0.812. The molecule has 0 aliphatic heterocycles. The molecule has 3 N–H and O–H groups in total. The SMILES string of the molecule is CCC(C)C(C)NC(=O)c1ccccc1CCN. The van der Waals surface area contributed by atoms with E-state index in [2.05, 4.69) is 26.1 Å². The summed E-state index contributed by atoms with van der Waals surface area (Å²) < 4.78 is 0. The molecule has 0 aliphatic carbocycles. The van der Waals surface area contributed by atoms with Gasteiger partial charge in [-0.15, -0.1) is 0 Å². The van der Waals surface area contributed by atoms with Crippen molar-refractivity contribution < 1.29 is 4.79 Å². The minimum atomic E-state index is 0.00634. The van der Waals surface area contributed by atoms with Crippen molar-refractivity contribution in [1.29, 1.82) is 0 Å². The Morgan fingerprint density at radius 3 is 2.61 bits per heavy atom. The highest BCUT2D eigenvalue weighted by molar-refractivity contribution is 5.95. The molecule has 0 spiro atoms. The molecular weight excluding hydrogens is 224 g/mol. The molecule has 3 heteroatoms.